The molecule has 0 fully saturated rings. The summed E-state index contributed by atoms with van der Waals surface area (Å²) in [6.45, 7) is 1.43. The van der Waals surface area contributed by atoms with E-state index in [-0.39, 0.29) is 0 Å². The zero-order valence-electron chi connectivity index (χ0n) is 10.5. The largest absolute Gasteiger partial charge is 0.477 e. The van der Waals surface area contributed by atoms with Crippen molar-refractivity contribution in [2.24, 2.45) is 0 Å². The number of benzene rings is 1. The van der Waals surface area contributed by atoms with Gasteiger partial charge in [-0.25, -0.2) is 4.79 Å². The topological polar surface area (TPSA) is 40.5 Å². The van der Waals surface area contributed by atoms with Crippen molar-refractivity contribution in [2.75, 3.05) is 7.05 Å². The summed E-state index contributed by atoms with van der Waals surface area (Å²) in [4.78, 5) is 13.6. The van der Waals surface area contributed by atoms with Gasteiger partial charge in [0.2, 0.25) is 0 Å². The molecule has 0 radical (unpaired) electrons. The van der Waals surface area contributed by atoms with E-state index in [0.29, 0.717) is 11.4 Å². The maximum atomic E-state index is 11.0. The maximum absolute atomic E-state index is 11.0. The van der Waals surface area contributed by atoms with Crippen molar-refractivity contribution in [3.05, 3.63) is 56.2 Å². The molecular weight excluding hydrogens is 326 g/mol. The fourth-order valence-corrected chi connectivity index (χ4v) is 2.91. The van der Waals surface area contributed by atoms with E-state index in [1.807, 2.05) is 30.6 Å². The summed E-state index contributed by atoms with van der Waals surface area (Å²) in [5.74, 6) is -0.845. The normalized spacial score (nSPS) is 10.9. The predicted octanol–water partition coefficient (Wildman–Crippen LogP) is 3.84. The van der Waals surface area contributed by atoms with Crippen molar-refractivity contribution in [3.63, 3.8) is 0 Å². The zero-order valence-corrected chi connectivity index (χ0v) is 12.9. The molecule has 1 heterocycles. The molecule has 0 saturated carbocycles. The van der Waals surface area contributed by atoms with Crippen molar-refractivity contribution in [2.45, 2.75) is 13.1 Å². The molecule has 3 nitrogen and oxygen atoms in total. The number of carboxylic acids is 1. The minimum atomic E-state index is -0.845. The van der Waals surface area contributed by atoms with E-state index in [2.05, 4.69) is 33.0 Å². The molecule has 0 amide bonds. The van der Waals surface area contributed by atoms with Crippen LogP contribution in [-0.4, -0.2) is 23.0 Å². The van der Waals surface area contributed by atoms with Crippen molar-refractivity contribution in [1.82, 2.24) is 4.90 Å². The van der Waals surface area contributed by atoms with E-state index in [9.17, 15) is 4.79 Å². The van der Waals surface area contributed by atoms with Gasteiger partial charge in [0.1, 0.15) is 4.88 Å². The Morgan fingerprint density at radius 3 is 2.58 bits per heavy atom. The number of hydrogen-bond acceptors (Lipinski definition) is 3. The van der Waals surface area contributed by atoms with Crippen LogP contribution in [0.5, 0.6) is 0 Å². The Balaban J connectivity index is 2.01. The Morgan fingerprint density at radius 2 is 1.95 bits per heavy atom. The molecule has 0 saturated heterocycles. The summed E-state index contributed by atoms with van der Waals surface area (Å²) >= 11 is 4.68. The van der Waals surface area contributed by atoms with Gasteiger partial charge in [-0.15, -0.1) is 11.3 Å². The van der Waals surface area contributed by atoms with E-state index in [4.69, 9.17) is 5.11 Å². The number of nitrogens with zero attached hydrogens (tertiary/aromatic N) is 1. The number of aromatic carboxylic acids is 1. The number of halogens is 1. The van der Waals surface area contributed by atoms with Crippen molar-refractivity contribution in [1.29, 1.82) is 0 Å². The molecule has 0 aliphatic carbocycles. The van der Waals surface area contributed by atoms with Crippen LogP contribution < -0.4 is 0 Å². The van der Waals surface area contributed by atoms with Crippen LogP contribution in [0.4, 0.5) is 0 Å². The molecule has 2 aromatic rings. The summed E-state index contributed by atoms with van der Waals surface area (Å²) < 4.78 is 1.06. The number of hydrogen-bond donors (Lipinski definition) is 1. The molecule has 0 aliphatic rings. The van der Waals surface area contributed by atoms with Crippen LogP contribution in [0.25, 0.3) is 0 Å². The molecule has 100 valence electrons. The van der Waals surface area contributed by atoms with E-state index in [1.54, 1.807) is 0 Å². The smallest absolute Gasteiger partial charge is 0.346 e. The standard InChI is InChI=1S/C14H14BrNO2S/c1-16(8-10-2-4-12(15)5-3-10)9-11-6-7-19-13(11)14(17)18/h2-7H,8-9H2,1H3,(H,17,18). The highest BCUT2D eigenvalue weighted by Crippen LogP contribution is 2.19. The number of thiophene rings is 1. The molecule has 2 rings (SSSR count). The summed E-state index contributed by atoms with van der Waals surface area (Å²) in [5.41, 5.74) is 2.08. The second kappa shape index (κ2) is 6.32. The van der Waals surface area contributed by atoms with Crippen LogP contribution in [0.15, 0.2) is 40.2 Å². The van der Waals surface area contributed by atoms with Gasteiger partial charge >= 0.3 is 5.97 Å². The highest BCUT2D eigenvalue weighted by atomic mass is 79.9. The van der Waals surface area contributed by atoms with Gasteiger partial charge in [-0.1, -0.05) is 28.1 Å². The average molecular weight is 340 g/mol. The first-order valence-electron chi connectivity index (χ1n) is 5.79. The molecule has 0 unspecified atom stereocenters. The minimum Gasteiger partial charge on any atom is -0.477 e. The summed E-state index contributed by atoms with van der Waals surface area (Å²) in [6, 6.07) is 10.0. The van der Waals surface area contributed by atoms with E-state index in [1.165, 1.54) is 16.9 Å². The second-order valence-corrected chi connectivity index (χ2v) is 6.21. The molecule has 1 aromatic carbocycles. The van der Waals surface area contributed by atoms with Crippen LogP contribution >= 0.6 is 27.3 Å². The van der Waals surface area contributed by atoms with Crippen LogP contribution in [0, 0.1) is 0 Å². The lowest BCUT2D eigenvalue weighted by atomic mass is 10.2. The summed E-state index contributed by atoms with van der Waals surface area (Å²) in [5, 5.41) is 10.9. The fourth-order valence-electron chi connectivity index (χ4n) is 1.90. The molecule has 19 heavy (non-hydrogen) atoms. The van der Waals surface area contributed by atoms with Crippen LogP contribution in [-0.2, 0) is 13.1 Å². The van der Waals surface area contributed by atoms with Crippen LogP contribution in [0.1, 0.15) is 20.8 Å². The first-order chi connectivity index (χ1) is 9.06. The zero-order chi connectivity index (χ0) is 13.8. The SMILES string of the molecule is CN(Cc1ccc(Br)cc1)Cc1ccsc1C(=O)O. The quantitative estimate of drug-likeness (QED) is 0.899. The lowest BCUT2D eigenvalue weighted by Crippen LogP contribution is -2.18. The first-order valence-corrected chi connectivity index (χ1v) is 7.46. The Kier molecular flexibility index (Phi) is 4.74. The number of carbonyl (C=O) groups is 1. The average Bonchev–Trinajstić information content (AvgIpc) is 2.80. The molecule has 0 spiro atoms. The number of rotatable bonds is 5. The van der Waals surface area contributed by atoms with E-state index >= 15 is 0 Å². The molecule has 0 aliphatic heterocycles. The van der Waals surface area contributed by atoms with Gasteiger partial charge in [-0.3, -0.25) is 4.90 Å². The van der Waals surface area contributed by atoms with Gasteiger partial charge in [0, 0.05) is 17.6 Å². The fraction of sp³-hybridized carbons (Fsp3) is 0.214. The monoisotopic (exact) mass is 339 g/mol. The van der Waals surface area contributed by atoms with Gasteiger partial charge in [0.25, 0.3) is 0 Å². The summed E-state index contributed by atoms with van der Waals surface area (Å²) in [6.07, 6.45) is 0. The van der Waals surface area contributed by atoms with Gasteiger partial charge < -0.3 is 5.11 Å². The third-order valence-corrected chi connectivity index (χ3v) is 4.22. The Labute approximate surface area is 124 Å². The Bertz CT molecular complexity index is 565. The van der Waals surface area contributed by atoms with Crippen molar-refractivity contribution >= 4 is 33.2 Å². The minimum absolute atomic E-state index is 0.433. The second-order valence-electron chi connectivity index (χ2n) is 4.38. The third-order valence-electron chi connectivity index (χ3n) is 2.75. The van der Waals surface area contributed by atoms with E-state index in [0.717, 1.165) is 16.6 Å². The lowest BCUT2D eigenvalue weighted by molar-refractivity contribution is 0.0700. The molecule has 5 heteroatoms. The van der Waals surface area contributed by atoms with Crippen molar-refractivity contribution < 1.29 is 9.90 Å². The van der Waals surface area contributed by atoms with Gasteiger partial charge in [-0.05, 0) is 41.8 Å². The summed E-state index contributed by atoms with van der Waals surface area (Å²) in [7, 11) is 1.99. The van der Waals surface area contributed by atoms with Gasteiger partial charge in [0.15, 0.2) is 0 Å². The third kappa shape index (κ3) is 3.89. The lowest BCUT2D eigenvalue weighted by Gasteiger charge is -2.16. The highest BCUT2D eigenvalue weighted by Gasteiger charge is 2.13. The first kappa shape index (κ1) is 14.2. The molecule has 1 aromatic heterocycles. The number of carboxylic acid groups (broad SMARTS) is 1. The van der Waals surface area contributed by atoms with Gasteiger partial charge in [-0.2, -0.15) is 0 Å². The Hall–Kier alpha value is -1.17. The van der Waals surface area contributed by atoms with Crippen LogP contribution in [0.3, 0.4) is 0 Å². The Morgan fingerprint density at radius 1 is 1.26 bits per heavy atom. The molecular formula is C14H14BrNO2S. The maximum Gasteiger partial charge on any atom is 0.346 e. The molecule has 0 atom stereocenters. The predicted molar refractivity (Wildman–Crippen MR) is 80.6 cm³/mol. The molecule has 1 N–H and O–H groups in total. The van der Waals surface area contributed by atoms with E-state index < -0.39 is 5.97 Å². The van der Waals surface area contributed by atoms with Gasteiger partial charge in [0.05, 0.1) is 0 Å². The molecule has 0 bridgehead atoms. The van der Waals surface area contributed by atoms with Crippen LogP contribution in [0.2, 0.25) is 0 Å². The van der Waals surface area contributed by atoms with Crippen molar-refractivity contribution in [3.8, 4) is 0 Å². The highest BCUT2D eigenvalue weighted by molar-refractivity contribution is 9.10.